The molecule has 14 nitrogen and oxygen atoms in total. The number of aromatic nitrogens is 3. The van der Waals surface area contributed by atoms with Gasteiger partial charge in [-0.15, -0.1) is 24.6 Å². The fourth-order valence-corrected chi connectivity index (χ4v) is 5.08. The Labute approximate surface area is 385 Å². The summed E-state index contributed by atoms with van der Waals surface area (Å²) in [5.74, 6) is -1.66. The van der Waals surface area contributed by atoms with E-state index in [0.717, 1.165) is 73.3 Å². The monoisotopic (exact) mass is 924 g/mol. The smallest absolute Gasteiger partial charge is 0.333 e. The lowest BCUT2D eigenvalue weighted by Gasteiger charge is -2.07. The van der Waals surface area contributed by atoms with E-state index in [9.17, 15) is 24.0 Å². The van der Waals surface area contributed by atoms with Crippen molar-refractivity contribution in [3.63, 3.8) is 0 Å². The van der Waals surface area contributed by atoms with Crippen molar-refractivity contribution < 1.29 is 54.7 Å². The van der Waals surface area contributed by atoms with Gasteiger partial charge in [-0.3, -0.25) is 19.2 Å². The molecule has 0 atom stereocenters. The van der Waals surface area contributed by atoms with E-state index in [1.807, 2.05) is 18.2 Å². The van der Waals surface area contributed by atoms with Gasteiger partial charge < -0.3 is 29.4 Å². The Morgan fingerprint density at radius 2 is 1.13 bits per heavy atom. The number of rotatable bonds is 23. The Morgan fingerprint density at radius 1 is 0.677 bits per heavy atom. The van der Waals surface area contributed by atoms with Crippen LogP contribution < -0.4 is 4.84 Å². The van der Waals surface area contributed by atoms with Crippen molar-refractivity contribution in [3.8, 4) is 12.8 Å². The van der Waals surface area contributed by atoms with Crippen molar-refractivity contribution in [3.05, 3.63) is 82.5 Å². The summed E-state index contributed by atoms with van der Waals surface area (Å²) in [6.07, 6.45) is 20.0. The summed E-state index contributed by atoms with van der Waals surface area (Å²) in [6, 6.07) is 16.0. The van der Waals surface area contributed by atoms with E-state index in [1.165, 1.54) is 17.3 Å². The molecule has 0 aromatic carbocycles. The molecule has 0 saturated carbocycles. The van der Waals surface area contributed by atoms with E-state index in [1.54, 1.807) is 60.6 Å². The van der Waals surface area contributed by atoms with Crippen molar-refractivity contribution in [2.75, 3.05) is 25.6 Å². The van der Waals surface area contributed by atoms with Gasteiger partial charge in [-0.1, -0.05) is 117 Å². The average Bonchev–Trinajstić information content (AvgIpc) is 3.24. The summed E-state index contributed by atoms with van der Waals surface area (Å²) in [5, 5.41) is 17.9. The molecule has 3 heterocycles. The van der Waals surface area contributed by atoms with Gasteiger partial charge in [0.05, 0.1) is 57.0 Å². The molecule has 0 aliphatic carbocycles. The number of carbonyl (C=O) groups is 5. The Hall–Kier alpha value is -5.05. The van der Waals surface area contributed by atoms with Gasteiger partial charge in [0.1, 0.15) is 10.7 Å². The summed E-state index contributed by atoms with van der Waals surface area (Å²) in [4.78, 5) is 64.3. The van der Waals surface area contributed by atoms with Crippen LogP contribution in [-0.2, 0) is 38.2 Å². The zero-order chi connectivity index (χ0) is 45.9. The summed E-state index contributed by atoms with van der Waals surface area (Å²) in [7, 11) is 0. The van der Waals surface area contributed by atoms with Crippen LogP contribution in [0.4, 0.5) is 0 Å². The van der Waals surface area contributed by atoms with Crippen LogP contribution in [0.25, 0.3) is 0 Å². The van der Waals surface area contributed by atoms with Gasteiger partial charge in [-0.2, -0.15) is 9.46 Å². The number of thioether (sulfide) groups is 1. The van der Waals surface area contributed by atoms with Crippen LogP contribution in [0.1, 0.15) is 127 Å². The topological polar surface area (TPSA) is 185 Å². The number of carboxylic acids is 1. The van der Waals surface area contributed by atoms with Gasteiger partial charge in [0.2, 0.25) is 0 Å². The molecule has 0 fully saturated rings. The van der Waals surface area contributed by atoms with Crippen molar-refractivity contribution in [1.29, 1.82) is 0 Å². The molecule has 2 N–H and O–H groups in total. The third-order valence-electron chi connectivity index (χ3n) is 7.09. The average molecular weight is 925 g/mol. The zero-order valence-corrected chi connectivity index (χ0v) is 37.3. The SMILES string of the molecule is C.C.CCCCCOC(=O)CCC(=O)O.CCCCCOC(=O)CCC(=O)On1ccccc1=S.CCCCCOC(=O)CCSc1ccccn1.On1ccccc1=S.[2H]C#C. The summed E-state index contributed by atoms with van der Waals surface area (Å²) >= 11 is 11.2. The first-order chi connectivity index (χ1) is 29.3. The minimum absolute atomic E-state index is 0. The molecule has 0 amide bonds. The van der Waals surface area contributed by atoms with Gasteiger partial charge in [-0.05, 0) is 55.7 Å². The largest absolute Gasteiger partial charge is 0.481 e. The lowest BCUT2D eigenvalue weighted by Crippen LogP contribution is -2.21. The van der Waals surface area contributed by atoms with Crippen LogP contribution in [-0.4, -0.2) is 80.2 Å². The number of hydrogen-bond acceptors (Lipinski definition) is 14. The molecule has 17 heteroatoms. The summed E-state index contributed by atoms with van der Waals surface area (Å²) in [5.41, 5.74) is 0. The highest BCUT2D eigenvalue weighted by molar-refractivity contribution is 7.99. The molecular formula is C45H69N3O11S3. The normalized spacial score (nSPS) is 9.35. The van der Waals surface area contributed by atoms with Crippen LogP contribution in [0.15, 0.2) is 78.2 Å². The summed E-state index contributed by atoms with van der Waals surface area (Å²) < 4.78 is 23.5. The Bertz CT molecular complexity index is 1790. The van der Waals surface area contributed by atoms with Gasteiger partial charge in [0.25, 0.3) is 0 Å². The van der Waals surface area contributed by atoms with Crippen LogP contribution >= 0.6 is 36.2 Å². The van der Waals surface area contributed by atoms with Crippen molar-refractivity contribution in [1.82, 2.24) is 14.4 Å². The number of carboxylic acid groups (broad SMARTS) is 1. The molecule has 3 aromatic heterocycles. The Morgan fingerprint density at radius 3 is 1.55 bits per heavy atom. The second kappa shape index (κ2) is 45.5. The number of hydrogen-bond donors (Lipinski definition) is 2. The quantitative estimate of drug-likeness (QED) is 0.0174. The minimum atomic E-state index is -0.967. The molecule has 0 unspecified atom stereocenters. The molecule has 0 aliphatic rings. The molecule has 348 valence electrons. The van der Waals surface area contributed by atoms with Gasteiger partial charge in [0.15, 0.2) is 0 Å². The highest BCUT2D eigenvalue weighted by Crippen LogP contribution is 2.15. The lowest BCUT2D eigenvalue weighted by molar-refractivity contribution is -0.150. The van der Waals surface area contributed by atoms with Crippen LogP contribution in [0.2, 0.25) is 0 Å². The van der Waals surface area contributed by atoms with E-state index in [-0.39, 0.29) is 52.5 Å². The van der Waals surface area contributed by atoms with Crippen molar-refractivity contribution in [2.24, 2.45) is 0 Å². The van der Waals surface area contributed by atoms with E-state index >= 15 is 0 Å². The molecule has 0 aliphatic heterocycles. The fourth-order valence-electron chi connectivity index (χ4n) is 3.98. The maximum Gasteiger partial charge on any atom is 0.333 e. The van der Waals surface area contributed by atoms with Crippen molar-refractivity contribution >= 4 is 66.0 Å². The van der Waals surface area contributed by atoms with Gasteiger partial charge >= 0.3 is 29.8 Å². The molecule has 0 radical (unpaired) electrons. The predicted molar refractivity (Wildman–Crippen MR) is 250 cm³/mol. The zero-order valence-electron chi connectivity index (χ0n) is 35.9. The molecular weight excluding hydrogens is 855 g/mol. The lowest BCUT2D eigenvalue weighted by atomic mass is 10.3. The third kappa shape index (κ3) is 40.4. The molecule has 0 spiro atoms. The number of nitrogens with zero attached hydrogens (tertiary/aromatic N) is 3. The Kier molecular flexibility index (Phi) is 44.9. The number of carbonyl (C=O) groups excluding carboxylic acids is 4. The van der Waals surface area contributed by atoms with Crippen LogP contribution in [0, 0.1) is 22.1 Å². The second-order valence-corrected chi connectivity index (χ2v) is 14.1. The number of pyridine rings is 3. The number of ether oxygens (including phenoxy) is 3. The highest BCUT2D eigenvalue weighted by Gasteiger charge is 2.10. The van der Waals surface area contributed by atoms with Gasteiger partial charge in [0, 0.05) is 24.3 Å². The molecule has 62 heavy (non-hydrogen) atoms. The van der Waals surface area contributed by atoms with Crippen LogP contribution in [0.3, 0.4) is 0 Å². The standard InChI is InChI=1S/C14H19NO4S.C13H19NO2S.C9H16O4.C5H5NOS.C2H2.2CH4/c1-2-3-6-11-18-13(16)8-9-14(17)19-15-10-5-4-7-12(15)20;1-2-3-6-10-16-13(15)8-11-17-12-7-4-5-9-14-12;1-2-3-4-7-13-9(12)6-5-8(10)11;7-6-4-2-1-3-5(6)8;1-2;;/h4-5,7,10H,2-3,6,8-9,11H2,1H3;4-5,7,9H,2-3,6,8,10-11H2,1H3;2-7H2,1H3,(H,10,11);1-4,7H;1-2H;2*1H4/i;;;;1D;;. The second-order valence-electron chi connectivity index (χ2n) is 12.2. The number of esters is 3. The molecule has 0 saturated heterocycles. The summed E-state index contributed by atoms with van der Waals surface area (Å²) in [6.45, 7) is 7.64. The molecule has 3 aromatic rings. The number of terminal acetylenes is 1. The highest BCUT2D eigenvalue weighted by atomic mass is 32.2. The third-order valence-corrected chi connectivity index (χ3v) is 8.68. The maximum atomic E-state index is 11.5. The van der Waals surface area contributed by atoms with Gasteiger partial charge in [-0.25, -0.2) is 9.78 Å². The maximum absolute atomic E-state index is 11.5. The minimum Gasteiger partial charge on any atom is -0.481 e. The Balaban J connectivity index is -0.000000370. The molecule has 0 bridgehead atoms. The first kappa shape index (κ1) is 61.3. The molecule has 3 rings (SSSR count). The van der Waals surface area contributed by atoms with E-state index < -0.39 is 17.9 Å². The fraction of sp³-hybridized carbons (Fsp3) is 0.511. The van der Waals surface area contributed by atoms with E-state index in [2.05, 4.69) is 44.4 Å². The van der Waals surface area contributed by atoms with Crippen LogP contribution in [0.5, 0.6) is 0 Å². The van der Waals surface area contributed by atoms with Crippen molar-refractivity contribution in [2.45, 2.75) is 131 Å². The van der Waals surface area contributed by atoms with E-state index in [4.69, 9.17) is 43.0 Å². The predicted octanol–water partition coefficient (Wildman–Crippen LogP) is 10.5. The first-order valence-electron chi connectivity index (χ1n) is 20.2. The number of aliphatic carboxylic acids is 1. The van der Waals surface area contributed by atoms with E-state index in [0.29, 0.717) is 35.5 Å². The number of unbranched alkanes of at least 4 members (excludes halogenated alkanes) is 6. The first-order valence-corrected chi connectivity index (χ1v) is 21.5.